The van der Waals surface area contributed by atoms with Gasteiger partial charge in [0.05, 0.1) is 27.4 Å². The number of benzene rings is 1. The van der Waals surface area contributed by atoms with Crippen LogP contribution in [0, 0.1) is 12.8 Å². The Kier molecular flexibility index (Phi) is 7.27. The molecule has 0 unspecified atom stereocenters. The van der Waals surface area contributed by atoms with Gasteiger partial charge in [-0.05, 0) is 49.4 Å². The van der Waals surface area contributed by atoms with E-state index in [-0.39, 0.29) is 44.9 Å². The van der Waals surface area contributed by atoms with E-state index < -0.39 is 29.4 Å². The lowest BCUT2D eigenvalue weighted by molar-refractivity contribution is -0.139. The van der Waals surface area contributed by atoms with Gasteiger partial charge in [-0.15, -0.1) is 0 Å². The fraction of sp³-hybridized carbons (Fsp3) is 0.360. The molecule has 0 radical (unpaired) electrons. The van der Waals surface area contributed by atoms with Crippen molar-refractivity contribution in [3.8, 4) is 0 Å². The number of carboxylic acids is 1. The van der Waals surface area contributed by atoms with Crippen molar-refractivity contribution in [3.63, 3.8) is 0 Å². The van der Waals surface area contributed by atoms with Crippen LogP contribution in [0.15, 0.2) is 24.4 Å². The van der Waals surface area contributed by atoms with Gasteiger partial charge in [-0.25, -0.2) is 4.98 Å². The van der Waals surface area contributed by atoms with Gasteiger partial charge in [-0.1, -0.05) is 23.2 Å². The molecule has 3 heterocycles. The van der Waals surface area contributed by atoms with E-state index in [9.17, 15) is 27.6 Å². The predicted molar refractivity (Wildman–Crippen MR) is 131 cm³/mol. The van der Waals surface area contributed by atoms with Gasteiger partial charge in [-0.2, -0.15) is 13.2 Å². The fourth-order valence-corrected chi connectivity index (χ4v) is 5.27. The Morgan fingerprint density at radius 2 is 1.78 bits per heavy atom. The van der Waals surface area contributed by atoms with E-state index >= 15 is 0 Å². The maximum atomic E-state index is 13.5. The lowest BCUT2D eigenvalue weighted by atomic mass is 9.93. The van der Waals surface area contributed by atoms with Gasteiger partial charge in [0.15, 0.2) is 0 Å². The van der Waals surface area contributed by atoms with Crippen LogP contribution in [0.4, 0.5) is 13.2 Å². The third-order valence-electron chi connectivity index (χ3n) is 6.72. The quantitative estimate of drug-likeness (QED) is 0.319. The van der Waals surface area contributed by atoms with Crippen LogP contribution >= 0.6 is 23.2 Å². The predicted octanol–water partition coefficient (Wildman–Crippen LogP) is 5.77. The van der Waals surface area contributed by atoms with Gasteiger partial charge < -0.3 is 14.6 Å². The molecule has 1 N–H and O–H groups in total. The molecule has 1 amide bonds. The summed E-state index contributed by atoms with van der Waals surface area (Å²) in [5.74, 6) is -2.09. The van der Waals surface area contributed by atoms with E-state index in [1.54, 1.807) is 0 Å². The molecule has 1 aliphatic heterocycles. The second-order valence-electron chi connectivity index (χ2n) is 9.13. The lowest BCUT2D eigenvalue weighted by Gasteiger charge is -2.31. The first-order valence-corrected chi connectivity index (χ1v) is 12.1. The summed E-state index contributed by atoms with van der Waals surface area (Å²) >= 11 is 12.7. The first-order chi connectivity index (χ1) is 17.3. The third-order valence-corrected chi connectivity index (χ3v) is 7.40. The van der Waals surface area contributed by atoms with E-state index in [0.717, 1.165) is 12.1 Å². The molecule has 0 aliphatic carbocycles. The summed E-state index contributed by atoms with van der Waals surface area (Å²) < 4.78 is 41.3. The summed E-state index contributed by atoms with van der Waals surface area (Å²) in [6, 6.07) is 3.44. The van der Waals surface area contributed by atoms with Crippen molar-refractivity contribution in [2.45, 2.75) is 32.4 Å². The van der Waals surface area contributed by atoms with Crippen LogP contribution in [-0.4, -0.2) is 50.3 Å². The first kappa shape index (κ1) is 26.9. The number of hydrogen-bond acceptors (Lipinski definition) is 4. The van der Waals surface area contributed by atoms with Crippen molar-refractivity contribution in [2.24, 2.45) is 13.0 Å². The molecular weight excluding hydrogens is 534 g/mol. The smallest absolute Gasteiger partial charge is 0.416 e. The monoisotopic (exact) mass is 555 g/mol. The number of likely N-dealkylation sites (tertiary alicyclic amines) is 1. The summed E-state index contributed by atoms with van der Waals surface area (Å²) in [5, 5.41) is 8.99. The summed E-state index contributed by atoms with van der Waals surface area (Å²) in [4.78, 5) is 43.2. The number of halogens is 5. The number of carboxylic acid groups (broad SMARTS) is 1. The lowest BCUT2D eigenvalue weighted by Crippen LogP contribution is -2.39. The number of carbonyl (C=O) groups excluding carboxylic acids is 2. The Morgan fingerprint density at radius 1 is 1.14 bits per heavy atom. The standard InChI is InChI=1S/C25H22Cl2F3N3O4/c1-12-7-14(25(28,29)30)9-17-15(12)10-18(32(17)2)22(36)20-21(26)16(11-31-23(20)27)24(37)33-5-3-13(4-6-33)8-19(34)35/h7,9-11,13H,3-6,8H2,1-2H3,(H,34,35). The van der Waals surface area contributed by atoms with Gasteiger partial charge in [0.25, 0.3) is 5.91 Å². The summed E-state index contributed by atoms with van der Waals surface area (Å²) in [6.45, 7) is 2.17. The second-order valence-corrected chi connectivity index (χ2v) is 9.86. The molecule has 1 fully saturated rings. The Hall–Kier alpha value is -3.11. The number of aliphatic carboxylic acids is 1. The minimum absolute atomic E-state index is 0.0267. The van der Waals surface area contributed by atoms with Crippen LogP contribution in [0.5, 0.6) is 0 Å². The Morgan fingerprint density at radius 3 is 2.38 bits per heavy atom. The van der Waals surface area contributed by atoms with E-state index in [2.05, 4.69) is 4.98 Å². The maximum Gasteiger partial charge on any atom is 0.416 e. The molecule has 0 saturated carbocycles. The summed E-state index contributed by atoms with van der Waals surface area (Å²) in [6.07, 6.45) is -2.33. The van der Waals surface area contributed by atoms with Crippen LogP contribution in [0.25, 0.3) is 10.9 Å². The summed E-state index contributed by atoms with van der Waals surface area (Å²) in [7, 11) is 1.46. The van der Waals surface area contributed by atoms with E-state index in [1.807, 2.05) is 0 Å². The number of pyridine rings is 1. The molecule has 0 bridgehead atoms. The largest absolute Gasteiger partial charge is 0.481 e. The van der Waals surface area contributed by atoms with Crippen molar-refractivity contribution in [2.75, 3.05) is 13.1 Å². The van der Waals surface area contributed by atoms with Crippen molar-refractivity contribution in [1.82, 2.24) is 14.5 Å². The Balaban J connectivity index is 1.68. The van der Waals surface area contributed by atoms with Crippen LogP contribution in [0.2, 0.25) is 10.2 Å². The highest BCUT2D eigenvalue weighted by molar-refractivity contribution is 6.42. The number of ketones is 1. The molecular formula is C25H22Cl2F3N3O4. The molecule has 4 rings (SSSR count). The van der Waals surface area contributed by atoms with Gasteiger partial charge in [-0.3, -0.25) is 14.4 Å². The highest BCUT2D eigenvalue weighted by Gasteiger charge is 2.33. The Bertz CT molecular complexity index is 1430. The zero-order chi connectivity index (χ0) is 27.2. The number of aromatic nitrogens is 2. The number of nitrogens with zero attached hydrogens (tertiary/aromatic N) is 3. The highest BCUT2D eigenvalue weighted by Crippen LogP contribution is 2.36. The average molecular weight is 556 g/mol. The molecule has 2 aromatic heterocycles. The van der Waals surface area contributed by atoms with E-state index in [0.29, 0.717) is 36.9 Å². The van der Waals surface area contributed by atoms with Gasteiger partial charge >= 0.3 is 12.1 Å². The zero-order valence-electron chi connectivity index (χ0n) is 19.8. The number of piperidine rings is 1. The fourth-order valence-electron chi connectivity index (χ4n) is 4.69. The highest BCUT2D eigenvalue weighted by atomic mass is 35.5. The third kappa shape index (κ3) is 5.17. The number of aryl methyl sites for hydroxylation is 2. The topological polar surface area (TPSA) is 92.5 Å². The minimum atomic E-state index is -4.55. The molecule has 3 aromatic rings. The molecule has 1 saturated heterocycles. The molecule has 7 nitrogen and oxygen atoms in total. The van der Waals surface area contributed by atoms with E-state index in [1.165, 1.54) is 35.7 Å². The molecule has 12 heteroatoms. The normalized spacial score (nSPS) is 14.8. The van der Waals surface area contributed by atoms with E-state index in [4.69, 9.17) is 28.3 Å². The number of rotatable bonds is 5. The molecule has 1 aromatic carbocycles. The number of carbonyl (C=O) groups is 3. The molecule has 1 aliphatic rings. The van der Waals surface area contributed by atoms with Crippen LogP contribution in [0.1, 0.15) is 56.8 Å². The van der Waals surface area contributed by atoms with Gasteiger partial charge in [0.2, 0.25) is 5.78 Å². The van der Waals surface area contributed by atoms with Crippen molar-refractivity contribution in [3.05, 3.63) is 62.5 Å². The van der Waals surface area contributed by atoms with Crippen LogP contribution in [-0.2, 0) is 18.0 Å². The van der Waals surface area contributed by atoms with Crippen molar-refractivity contribution < 1.29 is 32.7 Å². The maximum absolute atomic E-state index is 13.5. The number of alkyl halides is 3. The van der Waals surface area contributed by atoms with Crippen LogP contribution in [0.3, 0.4) is 0 Å². The SMILES string of the molecule is Cc1cc(C(F)(F)F)cc2c1cc(C(=O)c1c(Cl)ncc(C(=O)N3CCC(CC(=O)O)CC3)c1Cl)n2C. The van der Waals surface area contributed by atoms with Crippen molar-refractivity contribution >= 4 is 51.8 Å². The molecule has 196 valence electrons. The molecule has 0 spiro atoms. The zero-order valence-corrected chi connectivity index (χ0v) is 21.3. The second kappa shape index (κ2) is 9.98. The van der Waals surface area contributed by atoms with Gasteiger partial charge in [0.1, 0.15) is 5.15 Å². The van der Waals surface area contributed by atoms with Crippen LogP contribution < -0.4 is 0 Å². The van der Waals surface area contributed by atoms with Crippen molar-refractivity contribution in [1.29, 1.82) is 0 Å². The Labute approximate surface area is 219 Å². The average Bonchev–Trinajstić information content (AvgIpc) is 3.15. The number of hydrogen-bond donors (Lipinski definition) is 1. The first-order valence-electron chi connectivity index (χ1n) is 11.4. The van der Waals surface area contributed by atoms with Gasteiger partial charge in [0, 0.05) is 43.7 Å². The number of amides is 1. The molecule has 0 atom stereocenters. The summed E-state index contributed by atoms with van der Waals surface area (Å²) in [5.41, 5.74) is -0.537. The minimum Gasteiger partial charge on any atom is -0.481 e. The molecule has 37 heavy (non-hydrogen) atoms. The number of fused-ring (bicyclic) bond motifs is 1.